The van der Waals surface area contributed by atoms with Crippen molar-refractivity contribution in [3.05, 3.63) is 29.8 Å². The summed E-state index contributed by atoms with van der Waals surface area (Å²) in [6.45, 7) is 2.70. The second-order valence-electron chi connectivity index (χ2n) is 3.28. The highest BCUT2D eigenvalue weighted by molar-refractivity contribution is 7.79. The molecule has 1 aliphatic heterocycles. The van der Waals surface area contributed by atoms with Gasteiger partial charge in [-0.2, -0.15) is 0 Å². The van der Waals surface area contributed by atoms with Gasteiger partial charge in [0.1, 0.15) is 5.60 Å². The van der Waals surface area contributed by atoms with Crippen LogP contribution in [0.2, 0.25) is 0 Å². The Hall–Kier alpha value is -0.710. The molecular formula is C9H9O3S-. The van der Waals surface area contributed by atoms with Gasteiger partial charge in [0.05, 0.1) is 6.61 Å². The molecule has 0 radical (unpaired) electrons. The van der Waals surface area contributed by atoms with Gasteiger partial charge >= 0.3 is 0 Å². The van der Waals surface area contributed by atoms with Crippen LogP contribution < -0.4 is 0 Å². The van der Waals surface area contributed by atoms with Crippen LogP contribution in [0.15, 0.2) is 29.2 Å². The molecule has 1 aliphatic rings. The van der Waals surface area contributed by atoms with Gasteiger partial charge in [0, 0.05) is 4.90 Å². The Labute approximate surface area is 79.0 Å². The van der Waals surface area contributed by atoms with E-state index in [0.29, 0.717) is 11.5 Å². The third kappa shape index (κ3) is 1.65. The first-order valence-electron chi connectivity index (χ1n) is 3.96. The van der Waals surface area contributed by atoms with Crippen molar-refractivity contribution in [1.29, 1.82) is 0 Å². The molecule has 1 heterocycles. The second kappa shape index (κ2) is 2.90. The minimum absolute atomic E-state index is 0.178. The highest BCUT2D eigenvalue weighted by Gasteiger charge is 2.40. The smallest absolute Gasteiger partial charge is 0.114 e. The largest absolute Gasteiger partial charge is 0.768 e. The number of benzene rings is 1. The Morgan fingerprint density at radius 2 is 2.00 bits per heavy atom. The van der Waals surface area contributed by atoms with Crippen molar-refractivity contribution in [1.82, 2.24) is 0 Å². The fourth-order valence-corrected chi connectivity index (χ4v) is 1.55. The molecule has 0 spiro atoms. The van der Waals surface area contributed by atoms with Gasteiger partial charge < -0.3 is 9.29 Å². The fourth-order valence-electron chi connectivity index (χ4n) is 1.19. The molecule has 3 nitrogen and oxygen atoms in total. The molecule has 0 bridgehead atoms. The van der Waals surface area contributed by atoms with Crippen molar-refractivity contribution in [2.24, 2.45) is 0 Å². The van der Waals surface area contributed by atoms with Gasteiger partial charge in [-0.1, -0.05) is 12.1 Å². The maximum Gasteiger partial charge on any atom is 0.114 e. The summed E-state index contributed by atoms with van der Waals surface area (Å²) in [7, 11) is 0. The monoisotopic (exact) mass is 197 g/mol. The lowest BCUT2D eigenvalue weighted by Crippen LogP contribution is -2.01. The molecule has 1 fully saturated rings. The third-order valence-corrected chi connectivity index (χ3v) is 2.89. The maximum absolute atomic E-state index is 10.5. The first kappa shape index (κ1) is 8.87. The normalized spacial score (nSPS) is 28.5. The maximum atomic E-state index is 10.5. The quantitative estimate of drug-likeness (QED) is 0.528. The standard InChI is InChI=1S/C9H10O3S/c1-9(6-12-9)7-2-4-8(5-3-7)13(10)11/h2-5H,6H2,1H3,(H,10,11)/p-1. The van der Waals surface area contributed by atoms with Gasteiger partial charge in [-0.15, -0.1) is 0 Å². The van der Waals surface area contributed by atoms with Crippen LogP contribution in [0, 0.1) is 0 Å². The van der Waals surface area contributed by atoms with E-state index in [9.17, 15) is 8.76 Å². The van der Waals surface area contributed by atoms with E-state index in [1.807, 2.05) is 6.92 Å². The van der Waals surface area contributed by atoms with Crippen molar-refractivity contribution in [2.45, 2.75) is 17.4 Å². The van der Waals surface area contributed by atoms with Gasteiger partial charge in [-0.3, -0.25) is 4.21 Å². The van der Waals surface area contributed by atoms with Gasteiger partial charge in [0.25, 0.3) is 0 Å². The van der Waals surface area contributed by atoms with Crippen LogP contribution in [0.3, 0.4) is 0 Å². The minimum atomic E-state index is -2.13. The zero-order chi connectivity index (χ0) is 9.47. The zero-order valence-electron chi connectivity index (χ0n) is 7.15. The van der Waals surface area contributed by atoms with E-state index >= 15 is 0 Å². The molecule has 0 aromatic heterocycles. The zero-order valence-corrected chi connectivity index (χ0v) is 7.97. The molecule has 1 aromatic rings. The predicted octanol–water partition coefficient (Wildman–Crippen LogP) is 1.17. The molecule has 4 heteroatoms. The van der Waals surface area contributed by atoms with Crippen molar-refractivity contribution >= 4 is 11.1 Å². The molecule has 70 valence electrons. The summed E-state index contributed by atoms with van der Waals surface area (Å²) in [4.78, 5) is 0.313. The lowest BCUT2D eigenvalue weighted by atomic mass is 10.0. The van der Waals surface area contributed by atoms with Crippen LogP contribution in [-0.2, 0) is 21.4 Å². The van der Waals surface area contributed by atoms with Crippen molar-refractivity contribution in [3.63, 3.8) is 0 Å². The average Bonchev–Trinajstić information content (AvgIpc) is 2.85. The second-order valence-corrected chi connectivity index (χ2v) is 4.22. The van der Waals surface area contributed by atoms with Gasteiger partial charge in [0.15, 0.2) is 0 Å². The molecule has 1 aromatic carbocycles. The van der Waals surface area contributed by atoms with E-state index in [1.54, 1.807) is 24.3 Å². The van der Waals surface area contributed by atoms with Crippen LogP contribution in [-0.4, -0.2) is 15.4 Å². The van der Waals surface area contributed by atoms with Crippen molar-refractivity contribution in [2.75, 3.05) is 6.61 Å². The number of hydrogen-bond donors (Lipinski definition) is 0. The molecule has 0 N–H and O–H groups in total. The lowest BCUT2D eigenvalue weighted by Gasteiger charge is -2.08. The molecule has 2 unspecified atom stereocenters. The molecule has 2 rings (SSSR count). The van der Waals surface area contributed by atoms with Crippen LogP contribution in [0.5, 0.6) is 0 Å². The minimum Gasteiger partial charge on any atom is -0.768 e. The summed E-state index contributed by atoms with van der Waals surface area (Å²) in [6, 6.07) is 6.76. The molecule has 1 saturated heterocycles. The highest BCUT2D eigenvalue weighted by atomic mass is 32.2. The van der Waals surface area contributed by atoms with E-state index in [0.717, 1.165) is 5.56 Å². The lowest BCUT2D eigenvalue weighted by molar-refractivity contribution is 0.329. The predicted molar refractivity (Wildman–Crippen MR) is 46.9 cm³/mol. The van der Waals surface area contributed by atoms with Crippen molar-refractivity contribution < 1.29 is 13.5 Å². The Bertz CT molecular complexity index is 340. The number of hydrogen-bond acceptors (Lipinski definition) is 3. The highest BCUT2D eigenvalue weighted by Crippen LogP contribution is 2.37. The molecule has 0 saturated carbocycles. The first-order chi connectivity index (χ1) is 6.12. The van der Waals surface area contributed by atoms with E-state index in [4.69, 9.17) is 4.74 Å². The van der Waals surface area contributed by atoms with Crippen LogP contribution in [0.4, 0.5) is 0 Å². The Morgan fingerprint density at radius 1 is 1.46 bits per heavy atom. The summed E-state index contributed by atoms with van der Waals surface area (Å²) < 4.78 is 26.3. The Morgan fingerprint density at radius 3 is 2.38 bits per heavy atom. The summed E-state index contributed by atoms with van der Waals surface area (Å²) in [6.07, 6.45) is 0. The summed E-state index contributed by atoms with van der Waals surface area (Å²) in [5.41, 5.74) is 0.852. The number of rotatable bonds is 2. The number of ether oxygens (including phenoxy) is 1. The molecule has 13 heavy (non-hydrogen) atoms. The number of epoxide rings is 1. The van der Waals surface area contributed by atoms with E-state index in [-0.39, 0.29) is 5.60 Å². The third-order valence-electron chi connectivity index (χ3n) is 2.23. The average molecular weight is 197 g/mol. The van der Waals surface area contributed by atoms with Gasteiger partial charge in [-0.25, -0.2) is 0 Å². The molecule has 0 amide bonds. The molecule has 0 aliphatic carbocycles. The van der Waals surface area contributed by atoms with E-state index in [1.165, 1.54) is 0 Å². The van der Waals surface area contributed by atoms with Crippen LogP contribution in [0.1, 0.15) is 12.5 Å². The summed E-state index contributed by atoms with van der Waals surface area (Å²) in [5, 5.41) is 0. The topological polar surface area (TPSA) is 52.7 Å². The van der Waals surface area contributed by atoms with Gasteiger partial charge in [-0.05, 0) is 35.7 Å². The molecule has 2 atom stereocenters. The van der Waals surface area contributed by atoms with Gasteiger partial charge in [0.2, 0.25) is 0 Å². The van der Waals surface area contributed by atoms with Crippen molar-refractivity contribution in [3.8, 4) is 0 Å². The summed E-state index contributed by atoms with van der Waals surface area (Å²) >= 11 is -2.13. The Balaban J connectivity index is 2.28. The molecular weight excluding hydrogens is 188 g/mol. The van der Waals surface area contributed by atoms with Crippen LogP contribution in [0.25, 0.3) is 0 Å². The van der Waals surface area contributed by atoms with E-state index < -0.39 is 11.1 Å². The summed E-state index contributed by atoms with van der Waals surface area (Å²) in [5.74, 6) is 0. The SMILES string of the molecule is CC1(c2ccc(S(=O)[O-])cc2)CO1. The van der Waals surface area contributed by atoms with E-state index in [2.05, 4.69) is 0 Å². The van der Waals surface area contributed by atoms with Crippen LogP contribution >= 0.6 is 0 Å². The first-order valence-corrected chi connectivity index (χ1v) is 5.03. The fraction of sp³-hybridized carbons (Fsp3) is 0.333. The Kier molecular flexibility index (Phi) is 1.98.